The van der Waals surface area contributed by atoms with Crippen LogP contribution in [0.3, 0.4) is 0 Å². The van der Waals surface area contributed by atoms with Gasteiger partial charge in [0.1, 0.15) is 0 Å². The first-order valence-corrected chi connectivity index (χ1v) is 10.9. The van der Waals surface area contributed by atoms with E-state index in [0.717, 1.165) is 12.1 Å². The van der Waals surface area contributed by atoms with E-state index < -0.39 is 0 Å². The van der Waals surface area contributed by atoms with Crippen molar-refractivity contribution >= 4 is 28.6 Å². The zero-order valence-electron chi connectivity index (χ0n) is 17.3. The van der Waals surface area contributed by atoms with Gasteiger partial charge in [0.2, 0.25) is 5.91 Å². The Kier molecular flexibility index (Phi) is 6.75. The van der Waals surface area contributed by atoms with Crippen molar-refractivity contribution in [2.75, 3.05) is 6.54 Å². The summed E-state index contributed by atoms with van der Waals surface area (Å²) < 4.78 is 1.61. The van der Waals surface area contributed by atoms with E-state index in [0.29, 0.717) is 28.5 Å². The summed E-state index contributed by atoms with van der Waals surface area (Å²) in [6.07, 6.45) is 1.06. The molecule has 0 aliphatic carbocycles. The second-order valence-electron chi connectivity index (χ2n) is 7.11. The highest BCUT2D eigenvalue weighted by molar-refractivity contribution is 8.00. The molecule has 0 aliphatic heterocycles. The molecule has 0 saturated carbocycles. The highest BCUT2D eigenvalue weighted by Gasteiger charge is 2.20. The molecule has 0 radical (unpaired) electrons. The number of aromatic nitrogens is 2. The zero-order valence-corrected chi connectivity index (χ0v) is 18.1. The third-order valence-electron chi connectivity index (χ3n) is 5.08. The topological polar surface area (TPSA) is 64.0 Å². The SMILES string of the molecule is CCNC(=O)[C@@H](C)Sc1nc2ccccc2c(=O)n1-c1ccc([C@@H](C)CC)cc1. The number of hydrogen-bond acceptors (Lipinski definition) is 4. The number of nitrogens with one attached hydrogen (secondary N) is 1. The molecular formula is C23H27N3O2S. The van der Waals surface area contributed by atoms with E-state index in [9.17, 15) is 9.59 Å². The Balaban J connectivity index is 2.12. The number of amides is 1. The second-order valence-corrected chi connectivity index (χ2v) is 8.42. The van der Waals surface area contributed by atoms with Crippen LogP contribution in [0.4, 0.5) is 0 Å². The van der Waals surface area contributed by atoms with Gasteiger partial charge in [-0.1, -0.05) is 49.9 Å². The van der Waals surface area contributed by atoms with Gasteiger partial charge in [-0.3, -0.25) is 14.2 Å². The fourth-order valence-electron chi connectivity index (χ4n) is 3.14. The van der Waals surface area contributed by atoms with Gasteiger partial charge in [0.05, 0.1) is 21.8 Å². The smallest absolute Gasteiger partial charge is 0.266 e. The molecule has 1 heterocycles. The standard InChI is InChI=1S/C23H27N3O2S/c1-5-15(3)17-11-13-18(14-12-17)26-22(28)19-9-7-8-10-20(19)25-23(26)29-16(4)21(27)24-6-2/h7-16H,5-6H2,1-4H3,(H,24,27)/t15-,16+/m0/s1. The monoisotopic (exact) mass is 409 g/mol. The Labute approximate surface area is 175 Å². The summed E-state index contributed by atoms with van der Waals surface area (Å²) in [6, 6.07) is 15.4. The number of benzene rings is 2. The van der Waals surface area contributed by atoms with E-state index in [2.05, 4.69) is 31.3 Å². The number of rotatable bonds is 7. The van der Waals surface area contributed by atoms with E-state index in [1.807, 2.05) is 44.2 Å². The van der Waals surface area contributed by atoms with Crippen LogP contribution in [0.2, 0.25) is 0 Å². The van der Waals surface area contributed by atoms with E-state index in [1.54, 1.807) is 10.6 Å². The van der Waals surface area contributed by atoms with Crippen LogP contribution in [0.1, 0.15) is 45.6 Å². The van der Waals surface area contributed by atoms with Crippen molar-refractivity contribution in [1.29, 1.82) is 0 Å². The zero-order chi connectivity index (χ0) is 21.0. The van der Waals surface area contributed by atoms with Crippen LogP contribution >= 0.6 is 11.8 Å². The van der Waals surface area contributed by atoms with Crippen LogP contribution < -0.4 is 10.9 Å². The Morgan fingerprint density at radius 1 is 1.10 bits per heavy atom. The number of fused-ring (bicyclic) bond motifs is 1. The predicted octanol–water partition coefficient (Wildman–Crippen LogP) is 4.52. The van der Waals surface area contributed by atoms with Gasteiger partial charge in [-0.15, -0.1) is 0 Å². The van der Waals surface area contributed by atoms with Gasteiger partial charge < -0.3 is 5.32 Å². The van der Waals surface area contributed by atoms with Gasteiger partial charge in [0.25, 0.3) is 5.56 Å². The maximum absolute atomic E-state index is 13.3. The lowest BCUT2D eigenvalue weighted by atomic mass is 9.98. The van der Waals surface area contributed by atoms with E-state index in [-0.39, 0.29) is 16.7 Å². The third-order valence-corrected chi connectivity index (χ3v) is 6.13. The Bertz CT molecular complexity index is 1060. The second kappa shape index (κ2) is 9.27. The van der Waals surface area contributed by atoms with Crippen molar-refractivity contribution in [3.8, 4) is 5.69 Å². The number of carbonyl (C=O) groups excluding carboxylic acids is 1. The van der Waals surface area contributed by atoms with Crippen molar-refractivity contribution in [2.24, 2.45) is 0 Å². The summed E-state index contributed by atoms with van der Waals surface area (Å²) in [5.74, 6) is 0.390. The molecule has 1 aromatic heterocycles. The van der Waals surface area contributed by atoms with E-state index >= 15 is 0 Å². The molecular weight excluding hydrogens is 382 g/mol. The first-order chi connectivity index (χ1) is 14.0. The third kappa shape index (κ3) is 4.53. The largest absolute Gasteiger partial charge is 0.355 e. The number of hydrogen-bond donors (Lipinski definition) is 1. The minimum Gasteiger partial charge on any atom is -0.355 e. The van der Waals surface area contributed by atoms with E-state index in [1.165, 1.54) is 17.3 Å². The van der Waals surface area contributed by atoms with Gasteiger partial charge in [0, 0.05) is 6.54 Å². The van der Waals surface area contributed by atoms with Crippen LogP contribution in [0.25, 0.3) is 16.6 Å². The maximum Gasteiger partial charge on any atom is 0.266 e. The van der Waals surface area contributed by atoms with Crippen molar-refractivity contribution in [2.45, 2.75) is 50.4 Å². The minimum absolute atomic E-state index is 0.0708. The first-order valence-electron chi connectivity index (χ1n) is 10.0. The van der Waals surface area contributed by atoms with Crippen molar-refractivity contribution < 1.29 is 4.79 Å². The molecule has 3 rings (SSSR count). The summed E-state index contributed by atoms with van der Waals surface area (Å²) in [5, 5.41) is 3.54. The van der Waals surface area contributed by atoms with Gasteiger partial charge in [-0.05, 0) is 56.0 Å². The molecule has 2 atom stereocenters. The number of para-hydroxylation sites is 1. The summed E-state index contributed by atoms with van der Waals surface area (Å²) in [6.45, 7) is 8.63. The lowest BCUT2D eigenvalue weighted by molar-refractivity contribution is -0.120. The molecule has 29 heavy (non-hydrogen) atoms. The van der Waals surface area contributed by atoms with Crippen LogP contribution in [0, 0.1) is 0 Å². The molecule has 0 aliphatic rings. The van der Waals surface area contributed by atoms with Crippen LogP contribution in [0.5, 0.6) is 0 Å². The van der Waals surface area contributed by atoms with Gasteiger partial charge >= 0.3 is 0 Å². The molecule has 0 bridgehead atoms. The van der Waals surface area contributed by atoms with Crippen LogP contribution in [-0.2, 0) is 4.79 Å². The fourth-order valence-corrected chi connectivity index (χ4v) is 4.09. The first kappa shape index (κ1) is 21.1. The normalized spacial score (nSPS) is 13.2. The minimum atomic E-state index is -0.367. The lowest BCUT2D eigenvalue weighted by Gasteiger charge is -2.17. The van der Waals surface area contributed by atoms with Crippen molar-refractivity contribution in [3.05, 3.63) is 64.4 Å². The molecule has 0 spiro atoms. The average Bonchev–Trinajstić information content (AvgIpc) is 2.74. The predicted molar refractivity (Wildman–Crippen MR) is 120 cm³/mol. The number of nitrogens with zero attached hydrogens (tertiary/aromatic N) is 2. The molecule has 1 N–H and O–H groups in total. The van der Waals surface area contributed by atoms with Crippen molar-refractivity contribution in [3.63, 3.8) is 0 Å². The van der Waals surface area contributed by atoms with Gasteiger partial charge in [-0.2, -0.15) is 0 Å². The molecule has 5 nitrogen and oxygen atoms in total. The molecule has 0 fully saturated rings. The fraction of sp³-hybridized carbons (Fsp3) is 0.348. The lowest BCUT2D eigenvalue weighted by Crippen LogP contribution is -2.31. The highest BCUT2D eigenvalue weighted by atomic mass is 32.2. The van der Waals surface area contributed by atoms with Gasteiger partial charge in [-0.25, -0.2) is 4.98 Å². The summed E-state index contributed by atoms with van der Waals surface area (Å²) >= 11 is 1.30. The summed E-state index contributed by atoms with van der Waals surface area (Å²) in [7, 11) is 0. The quantitative estimate of drug-likeness (QED) is 0.460. The van der Waals surface area contributed by atoms with Crippen LogP contribution in [0.15, 0.2) is 58.5 Å². The summed E-state index contributed by atoms with van der Waals surface area (Å²) in [5.41, 5.74) is 2.50. The molecule has 0 saturated heterocycles. The maximum atomic E-state index is 13.3. The molecule has 6 heteroatoms. The number of thioether (sulfide) groups is 1. The van der Waals surface area contributed by atoms with E-state index in [4.69, 9.17) is 4.98 Å². The van der Waals surface area contributed by atoms with Gasteiger partial charge in [0.15, 0.2) is 5.16 Å². The summed E-state index contributed by atoms with van der Waals surface area (Å²) in [4.78, 5) is 30.3. The Hall–Kier alpha value is -2.60. The van der Waals surface area contributed by atoms with Crippen molar-refractivity contribution in [1.82, 2.24) is 14.9 Å². The average molecular weight is 410 g/mol. The Morgan fingerprint density at radius 2 is 1.79 bits per heavy atom. The highest BCUT2D eigenvalue weighted by Crippen LogP contribution is 2.26. The molecule has 0 unspecified atom stereocenters. The molecule has 1 amide bonds. The number of carbonyl (C=O) groups is 1. The molecule has 152 valence electrons. The molecule has 3 aromatic rings. The molecule has 2 aromatic carbocycles. The Morgan fingerprint density at radius 3 is 2.45 bits per heavy atom. The van der Waals surface area contributed by atoms with Crippen LogP contribution in [-0.4, -0.2) is 27.3 Å².